The molecule has 23 heavy (non-hydrogen) atoms. The predicted octanol–water partition coefficient (Wildman–Crippen LogP) is 1.55. The summed E-state index contributed by atoms with van der Waals surface area (Å²) < 4.78 is 5.40. The normalized spacial score (nSPS) is 12.4. The number of carbonyl (C=O) groups excluding carboxylic acids is 1. The molecule has 2 amide bonds. The first-order valence-electron chi connectivity index (χ1n) is 6.98. The van der Waals surface area contributed by atoms with Gasteiger partial charge in [0, 0.05) is 11.6 Å². The number of urea groups is 1. The van der Waals surface area contributed by atoms with Gasteiger partial charge in [-0.2, -0.15) is 0 Å². The van der Waals surface area contributed by atoms with Crippen molar-refractivity contribution < 1.29 is 24.5 Å². The van der Waals surface area contributed by atoms with E-state index in [9.17, 15) is 14.7 Å². The van der Waals surface area contributed by atoms with Gasteiger partial charge in [-0.05, 0) is 44.5 Å². The highest BCUT2D eigenvalue weighted by atomic mass is 35.5. The molecule has 4 N–H and O–H groups in total. The third kappa shape index (κ3) is 6.33. The first-order valence-corrected chi connectivity index (χ1v) is 7.36. The number of carboxylic acid groups (broad SMARTS) is 1. The number of hydrogen-bond donors (Lipinski definition) is 4. The van der Waals surface area contributed by atoms with Crippen molar-refractivity contribution in [1.82, 2.24) is 10.6 Å². The number of aliphatic hydroxyl groups is 1. The topological polar surface area (TPSA) is 108 Å². The fraction of sp³-hybridized carbons (Fsp3) is 0.467. The lowest BCUT2D eigenvalue weighted by Crippen LogP contribution is -2.54. The lowest BCUT2D eigenvalue weighted by atomic mass is 10.1. The Morgan fingerprint density at radius 3 is 2.61 bits per heavy atom. The van der Waals surface area contributed by atoms with Crippen LogP contribution in [0.15, 0.2) is 18.2 Å². The Morgan fingerprint density at radius 1 is 1.39 bits per heavy atom. The van der Waals surface area contributed by atoms with Crippen LogP contribution in [0.2, 0.25) is 5.02 Å². The molecule has 0 saturated carbocycles. The molecule has 0 aliphatic carbocycles. The number of aliphatic carboxylic acids is 1. The van der Waals surface area contributed by atoms with Gasteiger partial charge in [0.15, 0.2) is 0 Å². The van der Waals surface area contributed by atoms with Crippen molar-refractivity contribution in [2.24, 2.45) is 0 Å². The molecule has 0 fully saturated rings. The average molecular weight is 345 g/mol. The summed E-state index contributed by atoms with van der Waals surface area (Å²) in [4.78, 5) is 22.5. The van der Waals surface area contributed by atoms with Crippen LogP contribution in [0.5, 0.6) is 5.75 Å². The van der Waals surface area contributed by atoms with Gasteiger partial charge in [0.05, 0.1) is 0 Å². The van der Waals surface area contributed by atoms with E-state index in [1.165, 1.54) is 13.8 Å². The first kappa shape index (κ1) is 19.1. The molecule has 0 aliphatic heterocycles. The molecule has 1 rings (SSSR count). The Bertz CT molecular complexity index is 577. The minimum absolute atomic E-state index is 0.0241. The van der Waals surface area contributed by atoms with Gasteiger partial charge in [-0.1, -0.05) is 11.6 Å². The van der Waals surface area contributed by atoms with Gasteiger partial charge in [-0.3, -0.25) is 0 Å². The van der Waals surface area contributed by atoms with Crippen LogP contribution in [0, 0.1) is 6.92 Å². The zero-order chi connectivity index (χ0) is 17.6. The predicted molar refractivity (Wildman–Crippen MR) is 85.9 cm³/mol. The first-order chi connectivity index (χ1) is 10.6. The number of amides is 2. The Balaban J connectivity index is 2.36. The fourth-order valence-electron chi connectivity index (χ4n) is 1.55. The highest BCUT2D eigenvalue weighted by Crippen LogP contribution is 2.21. The summed E-state index contributed by atoms with van der Waals surface area (Å²) in [6, 6.07) is 4.43. The number of rotatable bonds is 7. The molecule has 1 atom stereocenters. The zero-order valence-electron chi connectivity index (χ0n) is 13.2. The van der Waals surface area contributed by atoms with Crippen LogP contribution in [0.1, 0.15) is 19.4 Å². The quantitative estimate of drug-likeness (QED) is 0.600. The van der Waals surface area contributed by atoms with Crippen LogP contribution in [-0.4, -0.2) is 47.0 Å². The molecular formula is C15H21ClN2O5. The molecule has 1 aromatic rings. The summed E-state index contributed by atoms with van der Waals surface area (Å²) in [5, 5.41) is 24.0. The average Bonchev–Trinajstić information content (AvgIpc) is 2.45. The maximum absolute atomic E-state index is 11.6. The highest BCUT2D eigenvalue weighted by Gasteiger charge is 2.28. The van der Waals surface area contributed by atoms with Gasteiger partial charge in [0.1, 0.15) is 24.0 Å². The SMILES string of the molecule is Cc1cc(OCC(O)CNC(=O)NC(C)(C)C(=O)O)ccc1Cl. The summed E-state index contributed by atoms with van der Waals surface area (Å²) in [6.45, 7) is 4.45. The van der Waals surface area contributed by atoms with Crippen LogP contribution in [0.25, 0.3) is 0 Å². The molecule has 1 unspecified atom stereocenters. The molecule has 0 aromatic heterocycles. The summed E-state index contributed by atoms with van der Waals surface area (Å²) in [5.74, 6) is -0.600. The number of aryl methyl sites for hydroxylation is 1. The van der Waals surface area contributed by atoms with Crippen molar-refractivity contribution in [3.8, 4) is 5.75 Å². The number of carbonyl (C=O) groups is 2. The molecule has 0 heterocycles. The summed E-state index contributed by atoms with van der Waals surface area (Å²) in [6.07, 6.45) is -0.940. The monoisotopic (exact) mass is 344 g/mol. The second-order valence-electron chi connectivity index (χ2n) is 5.64. The van der Waals surface area contributed by atoms with Crippen LogP contribution >= 0.6 is 11.6 Å². The molecule has 7 nitrogen and oxygen atoms in total. The highest BCUT2D eigenvalue weighted by molar-refractivity contribution is 6.31. The number of benzene rings is 1. The Labute approximate surface area is 139 Å². The molecule has 0 saturated heterocycles. The van der Waals surface area contributed by atoms with Crippen molar-refractivity contribution in [3.63, 3.8) is 0 Å². The van der Waals surface area contributed by atoms with Crippen LogP contribution in [0.3, 0.4) is 0 Å². The maximum Gasteiger partial charge on any atom is 0.328 e. The third-order valence-electron chi connectivity index (χ3n) is 3.03. The second-order valence-corrected chi connectivity index (χ2v) is 6.05. The van der Waals surface area contributed by atoms with Crippen LogP contribution in [0.4, 0.5) is 4.79 Å². The second kappa shape index (κ2) is 8.03. The molecular weight excluding hydrogens is 324 g/mol. The summed E-state index contributed by atoms with van der Waals surface area (Å²) in [5.41, 5.74) is -0.543. The minimum Gasteiger partial charge on any atom is -0.491 e. The lowest BCUT2D eigenvalue weighted by Gasteiger charge is -2.22. The van der Waals surface area contributed by atoms with Crippen LogP contribution in [-0.2, 0) is 4.79 Å². The van der Waals surface area contributed by atoms with E-state index in [0.717, 1.165) is 5.56 Å². The molecule has 0 aliphatic rings. The lowest BCUT2D eigenvalue weighted by molar-refractivity contribution is -0.142. The van der Waals surface area contributed by atoms with E-state index in [1.54, 1.807) is 18.2 Å². The smallest absolute Gasteiger partial charge is 0.328 e. The molecule has 0 radical (unpaired) electrons. The summed E-state index contributed by atoms with van der Waals surface area (Å²) >= 11 is 5.90. The zero-order valence-corrected chi connectivity index (χ0v) is 14.0. The van der Waals surface area contributed by atoms with Gasteiger partial charge in [0.2, 0.25) is 0 Å². The van der Waals surface area contributed by atoms with E-state index in [4.69, 9.17) is 21.4 Å². The Hall–Kier alpha value is -1.99. The van der Waals surface area contributed by atoms with Crippen molar-refractivity contribution in [3.05, 3.63) is 28.8 Å². The van der Waals surface area contributed by atoms with Gasteiger partial charge < -0.3 is 25.6 Å². The van der Waals surface area contributed by atoms with E-state index >= 15 is 0 Å². The number of hydrogen-bond acceptors (Lipinski definition) is 4. The van der Waals surface area contributed by atoms with Crippen molar-refractivity contribution in [2.45, 2.75) is 32.4 Å². The molecule has 0 bridgehead atoms. The Morgan fingerprint density at radius 2 is 2.04 bits per heavy atom. The van der Waals surface area contributed by atoms with Gasteiger partial charge in [-0.15, -0.1) is 0 Å². The van der Waals surface area contributed by atoms with E-state index in [2.05, 4.69) is 10.6 Å². The van der Waals surface area contributed by atoms with E-state index in [-0.39, 0.29) is 13.2 Å². The molecule has 8 heteroatoms. The number of aliphatic hydroxyl groups excluding tert-OH is 1. The van der Waals surface area contributed by atoms with Gasteiger partial charge >= 0.3 is 12.0 Å². The standard InChI is InChI=1S/C15H21ClN2O5/c1-9-6-11(4-5-12(9)16)23-8-10(19)7-17-14(22)18-15(2,3)13(20)21/h4-6,10,19H,7-8H2,1-3H3,(H,20,21)(H2,17,18,22). The Kier molecular flexibility index (Phi) is 6.65. The number of halogens is 1. The maximum atomic E-state index is 11.6. The van der Waals surface area contributed by atoms with Crippen molar-refractivity contribution in [1.29, 1.82) is 0 Å². The molecule has 0 spiro atoms. The molecule has 1 aromatic carbocycles. The van der Waals surface area contributed by atoms with Crippen molar-refractivity contribution in [2.75, 3.05) is 13.2 Å². The van der Waals surface area contributed by atoms with E-state index in [0.29, 0.717) is 10.8 Å². The summed E-state index contributed by atoms with van der Waals surface area (Å²) in [7, 11) is 0. The molecule has 128 valence electrons. The largest absolute Gasteiger partial charge is 0.491 e. The number of nitrogens with one attached hydrogen (secondary N) is 2. The van der Waals surface area contributed by atoms with E-state index < -0.39 is 23.6 Å². The van der Waals surface area contributed by atoms with Crippen molar-refractivity contribution >= 4 is 23.6 Å². The van der Waals surface area contributed by atoms with Crippen LogP contribution < -0.4 is 15.4 Å². The number of ether oxygens (including phenoxy) is 1. The van der Waals surface area contributed by atoms with Gasteiger partial charge in [-0.25, -0.2) is 9.59 Å². The van der Waals surface area contributed by atoms with E-state index in [1.807, 2.05) is 6.92 Å². The third-order valence-corrected chi connectivity index (χ3v) is 3.45. The van der Waals surface area contributed by atoms with Gasteiger partial charge in [0.25, 0.3) is 0 Å². The fourth-order valence-corrected chi connectivity index (χ4v) is 1.67. The number of carboxylic acids is 1. The minimum atomic E-state index is -1.40.